The summed E-state index contributed by atoms with van der Waals surface area (Å²) in [4.78, 5) is 16.3. The molecule has 0 saturated carbocycles. The minimum atomic E-state index is -2.29. The lowest BCUT2D eigenvalue weighted by atomic mass is 10.2. The van der Waals surface area contributed by atoms with Crippen molar-refractivity contribution in [3.63, 3.8) is 0 Å². The quantitative estimate of drug-likeness (QED) is 0.252. The van der Waals surface area contributed by atoms with Crippen molar-refractivity contribution in [1.82, 2.24) is 9.80 Å². The van der Waals surface area contributed by atoms with E-state index in [9.17, 15) is 31.1 Å². The number of furan rings is 1. The summed E-state index contributed by atoms with van der Waals surface area (Å²) >= 11 is 6.07. The van der Waals surface area contributed by atoms with Crippen LogP contribution in [0.25, 0.3) is 0 Å². The summed E-state index contributed by atoms with van der Waals surface area (Å²) < 4.78 is 90.5. The summed E-state index contributed by atoms with van der Waals surface area (Å²) in [6.07, 6.45) is 0. The van der Waals surface area contributed by atoms with Gasteiger partial charge < -0.3 is 14.1 Å². The zero-order chi connectivity index (χ0) is 25.3. The standard InChI is InChI=1S/C23H17ClF6N2O3/c24-15-9-13(25)2-1-12(15)10-31-5-7-32(8-6-31)23(33)16-4-3-14(35-16)11-34-22-20(29)18(27)17(26)19(28)21(22)30/h1-4,9H,5-8,10-11H2. The molecule has 0 aliphatic carbocycles. The van der Waals surface area contributed by atoms with Crippen LogP contribution >= 0.6 is 11.6 Å². The Morgan fingerprint density at radius 1 is 0.886 bits per heavy atom. The molecule has 1 aliphatic rings. The van der Waals surface area contributed by atoms with Crippen molar-refractivity contribution >= 4 is 17.5 Å². The summed E-state index contributed by atoms with van der Waals surface area (Å²) in [5.74, 6) is -13.2. The first kappa shape index (κ1) is 24.9. The number of nitrogens with zero attached hydrogens (tertiary/aromatic N) is 2. The molecule has 5 nitrogen and oxygen atoms in total. The van der Waals surface area contributed by atoms with Gasteiger partial charge in [-0.2, -0.15) is 8.78 Å². The van der Waals surface area contributed by atoms with Crippen LogP contribution in [0, 0.1) is 34.9 Å². The molecule has 0 bridgehead atoms. The molecule has 3 aromatic rings. The maximum absolute atomic E-state index is 13.7. The van der Waals surface area contributed by atoms with Gasteiger partial charge in [-0.25, -0.2) is 17.6 Å². The van der Waals surface area contributed by atoms with Crippen LogP contribution in [0.5, 0.6) is 5.75 Å². The third-order valence-electron chi connectivity index (χ3n) is 5.47. The molecule has 0 spiro atoms. The summed E-state index contributed by atoms with van der Waals surface area (Å²) in [5, 5.41) is 0.319. The van der Waals surface area contributed by atoms with Gasteiger partial charge >= 0.3 is 0 Å². The van der Waals surface area contributed by atoms with Gasteiger partial charge in [0, 0.05) is 37.7 Å². The van der Waals surface area contributed by atoms with E-state index >= 15 is 0 Å². The molecule has 1 aromatic heterocycles. The van der Waals surface area contributed by atoms with E-state index in [4.69, 9.17) is 20.8 Å². The molecule has 1 fully saturated rings. The number of benzene rings is 2. The fourth-order valence-corrected chi connectivity index (χ4v) is 3.81. The maximum atomic E-state index is 13.7. The first-order valence-corrected chi connectivity index (χ1v) is 10.7. The third-order valence-corrected chi connectivity index (χ3v) is 5.82. The highest BCUT2D eigenvalue weighted by Gasteiger charge is 2.28. The maximum Gasteiger partial charge on any atom is 0.289 e. The van der Waals surface area contributed by atoms with Crippen LogP contribution in [0.3, 0.4) is 0 Å². The van der Waals surface area contributed by atoms with Crippen molar-refractivity contribution in [2.45, 2.75) is 13.2 Å². The Bertz CT molecular complexity index is 1230. The molecule has 1 saturated heterocycles. The van der Waals surface area contributed by atoms with Crippen molar-refractivity contribution in [3.05, 3.63) is 87.3 Å². The fourth-order valence-electron chi connectivity index (χ4n) is 3.58. The number of carbonyl (C=O) groups is 1. The number of amides is 1. The lowest BCUT2D eigenvalue weighted by Crippen LogP contribution is -2.48. The Morgan fingerprint density at radius 3 is 2.14 bits per heavy atom. The molecule has 0 N–H and O–H groups in total. The van der Waals surface area contributed by atoms with Crippen LogP contribution in [-0.4, -0.2) is 41.9 Å². The van der Waals surface area contributed by atoms with E-state index in [1.165, 1.54) is 29.2 Å². The molecule has 1 amide bonds. The van der Waals surface area contributed by atoms with Crippen LogP contribution in [0.4, 0.5) is 26.3 Å². The second-order valence-electron chi connectivity index (χ2n) is 7.76. The van der Waals surface area contributed by atoms with Crippen LogP contribution in [0.15, 0.2) is 34.7 Å². The number of hydrogen-bond acceptors (Lipinski definition) is 4. The van der Waals surface area contributed by atoms with E-state index in [0.29, 0.717) is 37.7 Å². The highest BCUT2D eigenvalue weighted by atomic mass is 35.5. The molecule has 0 radical (unpaired) electrons. The number of rotatable bonds is 6. The molecule has 2 heterocycles. The summed E-state index contributed by atoms with van der Waals surface area (Å²) in [7, 11) is 0. The van der Waals surface area contributed by atoms with Crippen molar-refractivity contribution < 1.29 is 40.3 Å². The van der Waals surface area contributed by atoms with Gasteiger partial charge in [0.25, 0.3) is 5.91 Å². The third kappa shape index (κ3) is 5.25. The second kappa shape index (κ2) is 10.2. The van der Waals surface area contributed by atoms with E-state index in [1.807, 2.05) is 4.90 Å². The molecule has 1 aliphatic heterocycles. The normalized spacial score (nSPS) is 14.4. The molecule has 12 heteroatoms. The van der Waals surface area contributed by atoms with Crippen LogP contribution in [-0.2, 0) is 13.2 Å². The van der Waals surface area contributed by atoms with Crippen molar-refractivity contribution in [2.75, 3.05) is 26.2 Å². The van der Waals surface area contributed by atoms with E-state index in [2.05, 4.69) is 0 Å². The van der Waals surface area contributed by atoms with Gasteiger partial charge in [0.05, 0.1) is 0 Å². The zero-order valence-corrected chi connectivity index (χ0v) is 18.7. The Kier molecular flexibility index (Phi) is 7.27. The number of halogens is 7. The van der Waals surface area contributed by atoms with E-state index in [1.54, 1.807) is 6.07 Å². The van der Waals surface area contributed by atoms with Crippen LogP contribution in [0.2, 0.25) is 5.02 Å². The molecular formula is C23H17ClF6N2O3. The first-order valence-electron chi connectivity index (χ1n) is 10.3. The van der Waals surface area contributed by atoms with Gasteiger partial charge in [0.1, 0.15) is 18.2 Å². The van der Waals surface area contributed by atoms with Crippen molar-refractivity contribution in [3.8, 4) is 5.75 Å². The summed E-state index contributed by atoms with van der Waals surface area (Å²) in [6, 6.07) is 6.79. The lowest BCUT2D eigenvalue weighted by molar-refractivity contribution is 0.0594. The van der Waals surface area contributed by atoms with E-state index in [-0.39, 0.29) is 11.5 Å². The van der Waals surface area contributed by atoms with Crippen LogP contribution in [0.1, 0.15) is 21.9 Å². The molecular weight excluding hydrogens is 502 g/mol. The zero-order valence-electron chi connectivity index (χ0n) is 17.9. The second-order valence-corrected chi connectivity index (χ2v) is 8.16. The molecule has 0 atom stereocenters. The Morgan fingerprint density at radius 2 is 1.51 bits per heavy atom. The minimum absolute atomic E-state index is 0.0538. The van der Waals surface area contributed by atoms with Gasteiger partial charge in [-0.15, -0.1) is 0 Å². The number of carbonyl (C=O) groups excluding carboxylic acids is 1. The molecule has 0 unspecified atom stereocenters. The topological polar surface area (TPSA) is 45.9 Å². The van der Waals surface area contributed by atoms with Gasteiger partial charge in [-0.1, -0.05) is 17.7 Å². The smallest absolute Gasteiger partial charge is 0.289 e. The van der Waals surface area contributed by atoms with Gasteiger partial charge in [0.15, 0.2) is 11.5 Å². The highest BCUT2D eigenvalue weighted by Crippen LogP contribution is 2.30. The minimum Gasteiger partial charge on any atom is -0.479 e. The molecule has 186 valence electrons. The van der Waals surface area contributed by atoms with Gasteiger partial charge in [0.2, 0.25) is 29.1 Å². The average molecular weight is 519 g/mol. The predicted octanol–water partition coefficient (Wildman–Crippen LogP) is 5.30. The van der Waals surface area contributed by atoms with E-state index in [0.717, 1.165) is 5.56 Å². The SMILES string of the molecule is O=C(c1ccc(COc2c(F)c(F)c(F)c(F)c2F)o1)N1CCN(Cc2ccc(F)cc2Cl)CC1. The molecule has 2 aromatic carbocycles. The largest absolute Gasteiger partial charge is 0.479 e. The fraction of sp³-hybridized carbons (Fsp3) is 0.261. The summed E-state index contributed by atoms with van der Waals surface area (Å²) in [5.41, 5.74) is 0.761. The Balaban J connectivity index is 1.34. The number of piperazine rings is 1. The Hall–Kier alpha value is -3.18. The van der Waals surface area contributed by atoms with Crippen LogP contribution < -0.4 is 4.74 Å². The Labute approximate surface area is 200 Å². The lowest BCUT2D eigenvalue weighted by Gasteiger charge is -2.34. The average Bonchev–Trinajstić information content (AvgIpc) is 3.32. The number of ether oxygens (including phenoxy) is 1. The molecule has 4 rings (SSSR count). The summed E-state index contributed by atoms with van der Waals surface area (Å²) in [6.45, 7) is 1.61. The van der Waals surface area contributed by atoms with Crippen molar-refractivity contribution in [1.29, 1.82) is 0 Å². The van der Waals surface area contributed by atoms with Gasteiger partial charge in [-0.05, 0) is 29.8 Å². The first-order chi connectivity index (χ1) is 16.7. The monoisotopic (exact) mass is 518 g/mol. The van der Waals surface area contributed by atoms with Gasteiger partial charge in [-0.3, -0.25) is 9.69 Å². The van der Waals surface area contributed by atoms with Crippen molar-refractivity contribution in [2.24, 2.45) is 0 Å². The predicted molar refractivity (Wildman–Crippen MR) is 112 cm³/mol. The molecule has 35 heavy (non-hydrogen) atoms. The number of hydrogen-bond donors (Lipinski definition) is 0. The van der Waals surface area contributed by atoms with E-state index < -0.39 is 53.2 Å². The highest BCUT2D eigenvalue weighted by molar-refractivity contribution is 6.31.